The summed E-state index contributed by atoms with van der Waals surface area (Å²) in [5.41, 5.74) is -0.808. The molecule has 1 aromatic carbocycles. The van der Waals surface area contributed by atoms with Crippen molar-refractivity contribution in [1.29, 1.82) is 0 Å². The van der Waals surface area contributed by atoms with Crippen molar-refractivity contribution in [3.8, 4) is 5.75 Å². The van der Waals surface area contributed by atoms with Gasteiger partial charge in [0.1, 0.15) is 12.4 Å². The average Bonchev–Trinajstić information content (AvgIpc) is 2.42. The Morgan fingerprint density at radius 1 is 1.18 bits per heavy atom. The van der Waals surface area contributed by atoms with Gasteiger partial charge in [-0.1, -0.05) is 12.1 Å². The van der Waals surface area contributed by atoms with Gasteiger partial charge in [0.05, 0.1) is 11.0 Å². The monoisotopic (exact) mass is 304 g/mol. The van der Waals surface area contributed by atoms with Gasteiger partial charge >= 0.3 is 11.9 Å². The van der Waals surface area contributed by atoms with Gasteiger partial charge in [-0.2, -0.15) is 0 Å². The number of Topliss-reactive ketones (excluding diaryl/α,β-unsaturated/α-hetero) is 2. The van der Waals surface area contributed by atoms with Crippen LogP contribution in [-0.4, -0.2) is 30.1 Å². The van der Waals surface area contributed by atoms with E-state index in [9.17, 15) is 19.2 Å². The molecule has 2 rings (SSSR count). The lowest BCUT2D eigenvalue weighted by Crippen LogP contribution is -2.40. The van der Waals surface area contributed by atoms with E-state index in [1.165, 1.54) is 26.0 Å². The molecule has 0 aromatic heterocycles. The zero-order chi connectivity index (χ0) is 16.5. The van der Waals surface area contributed by atoms with Crippen molar-refractivity contribution in [2.45, 2.75) is 27.2 Å². The molecule has 0 aliphatic heterocycles. The highest BCUT2D eigenvalue weighted by molar-refractivity contribution is 6.18. The second kappa shape index (κ2) is 5.71. The molecule has 0 amide bonds. The Bertz CT molecular complexity index is 675. The van der Waals surface area contributed by atoms with Gasteiger partial charge in [-0.25, -0.2) is 0 Å². The van der Waals surface area contributed by atoms with Crippen LogP contribution in [0.1, 0.15) is 47.9 Å². The fourth-order valence-electron chi connectivity index (χ4n) is 2.47. The van der Waals surface area contributed by atoms with Gasteiger partial charge in [0, 0.05) is 25.8 Å². The lowest BCUT2D eigenvalue weighted by Gasteiger charge is -2.32. The van der Waals surface area contributed by atoms with Crippen molar-refractivity contribution in [3.05, 3.63) is 29.3 Å². The fraction of sp³-hybridized carbons (Fsp3) is 0.375. The van der Waals surface area contributed by atoms with E-state index in [4.69, 9.17) is 9.47 Å². The molecule has 0 heterocycles. The van der Waals surface area contributed by atoms with Crippen LogP contribution in [0.3, 0.4) is 0 Å². The summed E-state index contributed by atoms with van der Waals surface area (Å²) in [6, 6.07) is 4.52. The summed E-state index contributed by atoms with van der Waals surface area (Å²) >= 11 is 0. The van der Waals surface area contributed by atoms with E-state index in [2.05, 4.69) is 0 Å². The van der Waals surface area contributed by atoms with Crippen molar-refractivity contribution >= 4 is 23.5 Å². The van der Waals surface area contributed by atoms with Crippen LogP contribution in [0.4, 0.5) is 0 Å². The van der Waals surface area contributed by atoms with Crippen molar-refractivity contribution < 1.29 is 28.7 Å². The maximum atomic E-state index is 12.7. The molecule has 0 spiro atoms. The van der Waals surface area contributed by atoms with Gasteiger partial charge in [0.25, 0.3) is 0 Å². The van der Waals surface area contributed by atoms with Crippen LogP contribution in [0.5, 0.6) is 5.75 Å². The second-order valence-electron chi connectivity index (χ2n) is 5.54. The number of hydrogen-bond donors (Lipinski definition) is 0. The Morgan fingerprint density at radius 3 is 2.45 bits per heavy atom. The molecule has 1 aromatic rings. The van der Waals surface area contributed by atoms with Crippen LogP contribution >= 0.6 is 0 Å². The molecule has 116 valence electrons. The molecule has 0 fully saturated rings. The van der Waals surface area contributed by atoms with Crippen molar-refractivity contribution in [2.75, 3.05) is 6.61 Å². The van der Waals surface area contributed by atoms with Gasteiger partial charge < -0.3 is 9.47 Å². The van der Waals surface area contributed by atoms with E-state index < -0.39 is 17.4 Å². The molecule has 0 N–H and O–H groups in total. The third kappa shape index (κ3) is 2.90. The molecule has 6 heteroatoms. The number of esters is 2. The zero-order valence-electron chi connectivity index (χ0n) is 12.6. The maximum Gasteiger partial charge on any atom is 0.308 e. The third-order valence-corrected chi connectivity index (χ3v) is 3.50. The molecule has 22 heavy (non-hydrogen) atoms. The summed E-state index contributed by atoms with van der Waals surface area (Å²) in [6.07, 6.45) is -0.107. The number of rotatable bonds is 3. The number of fused-ring (bicyclic) bond motifs is 1. The molecule has 1 atom stereocenters. The Morgan fingerprint density at radius 2 is 1.86 bits per heavy atom. The smallest absolute Gasteiger partial charge is 0.308 e. The molecular weight excluding hydrogens is 288 g/mol. The normalized spacial score (nSPS) is 20.3. The standard InChI is InChI=1S/C16H16O6/c1-9(17)21-8-16(3)7-12(19)14-11(15(16)20)5-4-6-13(14)22-10(2)18/h4-6H,7-8H2,1-3H3/t16-/m1/s1. The van der Waals surface area contributed by atoms with E-state index >= 15 is 0 Å². The Hall–Kier alpha value is -2.50. The predicted molar refractivity (Wildman–Crippen MR) is 75.8 cm³/mol. The average molecular weight is 304 g/mol. The van der Waals surface area contributed by atoms with E-state index in [1.807, 2.05) is 0 Å². The number of carbonyl (C=O) groups is 4. The zero-order valence-corrected chi connectivity index (χ0v) is 12.6. The summed E-state index contributed by atoms with van der Waals surface area (Å²) in [5.74, 6) is -1.63. The molecule has 0 saturated carbocycles. The number of benzene rings is 1. The molecular formula is C16H16O6. The van der Waals surface area contributed by atoms with Crippen LogP contribution in [-0.2, 0) is 14.3 Å². The third-order valence-electron chi connectivity index (χ3n) is 3.50. The van der Waals surface area contributed by atoms with Crippen LogP contribution in [0.25, 0.3) is 0 Å². The van der Waals surface area contributed by atoms with Gasteiger partial charge in [-0.05, 0) is 13.0 Å². The molecule has 0 bridgehead atoms. The van der Waals surface area contributed by atoms with E-state index in [0.717, 1.165) is 0 Å². The van der Waals surface area contributed by atoms with Crippen molar-refractivity contribution in [1.82, 2.24) is 0 Å². The number of ketones is 2. The van der Waals surface area contributed by atoms with E-state index in [-0.39, 0.29) is 41.5 Å². The maximum absolute atomic E-state index is 12.7. The van der Waals surface area contributed by atoms with Gasteiger partial charge in [-0.3, -0.25) is 19.2 Å². The highest BCUT2D eigenvalue weighted by Crippen LogP contribution is 2.39. The number of ether oxygens (including phenoxy) is 2. The van der Waals surface area contributed by atoms with Gasteiger partial charge in [0.2, 0.25) is 0 Å². The Labute approximate surface area is 127 Å². The fourth-order valence-corrected chi connectivity index (χ4v) is 2.47. The Balaban J connectivity index is 2.44. The minimum atomic E-state index is -1.11. The first-order valence-electron chi connectivity index (χ1n) is 6.77. The molecule has 0 unspecified atom stereocenters. The summed E-state index contributed by atoms with van der Waals surface area (Å²) in [4.78, 5) is 47.1. The highest BCUT2D eigenvalue weighted by atomic mass is 16.5. The van der Waals surface area contributed by atoms with E-state index in [1.54, 1.807) is 13.0 Å². The van der Waals surface area contributed by atoms with Gasteiger partial charge in [0.15, 0.2) is 11.6 Å². The summed E-state index contributed by atoms with van der Waals surface area (Å²) in [7, 11) is 0. The second-order valence-corrected chi connectivity index (χ2v) is 5.54. The highest BCUT2D eigenvalue weighted by Gasteiger charge is 2.44. The minimum Gasteiger partial charge on any atom is -0.465 e. The molecule has 1 aliphatic rings. The number of carbonyl (C=O) groups excluding carboxylic acids is 4. The predicted octanol–water partition coefficient (Wildman–Crippen LogP) is 1.95. The topological polar surface area (TPSA) is 86.7 Å². The van der Waals surface area contributed by atoms with Crippen LogP contribution in [0.15, 0.2) is 18.2 Å². The summed E-state index contributed by atoms with van der Waals surface area (Å²) in [5, 5.41) is 0. The minimum absolute atomic E-state index is 0.0814. The van der Waals surface area contributed by atoms with Crippen molar-refractivity contribution in [3.63, 3.8) is 0 Å². The van der Waals surface area contributed by atoms with E-state index in [0.29, 0.717) is 0 Å². The quantitative estimate of drug-likeness (QED) is 0.626. The summed E-state index contributed by atoms with van der Waals surface area (Å²) in [6.45, 7) is 3.88. The lowest BCUT2D eigenvalue weighted by atomic mass is 9.71. The van der Waals surface area contributed by atoms with Crippen molar-refractivity contribution in [2.24, 2.45) is 5.41 Å². The first-order chi connectivity index (χ1) is 10.2. The molecule has 0 radical (unpaired) electrons. The Kier molecular flexibility index (Phi) is 4.12. The first-order valence-corrected chi connectivity index (χ1v) is 6.77. The molecule has 1 aliphatic carbocycles. The van der Waals surface area contributed by atoms with Crippen LogP contribution in [0.2, 0.25) is 0 Å². The molecule has 6 nitrogen and oxygen atoms in total. The first kappa shape index (κ1) is 15.9. The van der Waals surface area contributed by atoms with Crippen LogP contribution in [0, 0.1) is 5.41 Å². The lowest BCUT2D eigenvalue weighted by molar-refractivity contribution is -0.143. The largest absolute Gasteiger partial charge is 0.465 e. The molecule has 0 saturated heterocycles. The van der Waals surface area contributed by atoms with Gasteiger partial charge in [-0.15, -0.1) is 0 Å². The number of hydrogen-bond acceptors (Lipinski definition) is 6. The SMILES string of the molecule is CC(=O)OC[C@@]1(C)CC(=O)c2c(OC(C)=O)cccc2C1=O. The summed E-state index contributed by atoms with van der Waals surface area (Å²) < 4.78 is 9.92. The van der Waals surface area contributed by atoms with Crippen LogP contribution < -0.4 is 4.74 Å².